The first kappa shape index (κ1) is 21.9. The Morgan fingerprint density at radius 1 is 1.12 bits per heavy atom. The Balaban J connectivity index is 1.60. The fourth-order valence-corrected chi connectivity index (χ4v) is 6.24. The zero-order valence-corrected chi connectivity index (χ0v) is 19.9. The number of methoxy groups -OCH3 is 1. The number of nitrogens with zero attached hydrogens (tertiary/aromatic N) is 2. The van der Waals surface area contributed by atoms with E-state index >= 15 is 0 Å². The van der Waals surface area contributed by atoms with Crippen LogP contribution in [0.2, 0.25) is 5.02 Å². The Morgan fingerprint density at radius 3 is 2.73 bits per heavy atom. The maximum Gasteiger partial charge on any atom is 0.268 e. The minimum atomic E-state index is -1.09. The quantitative estimate of drug-likeness (QED) is 0.514. The lowest BCUT2D eigenvalue weighted by atomic mass is 10.0. The molecule has 0 saturated carbocycles. The van der Waals surface area contributed by atoms with Gasteiger partial charge in [0.1, 0.15) is 5.75 Å². The SMILES string of the molecule is COc1cccc(C(=O)N2CCSC23C(=O)N(Cc2ccccc2Cl)c2ccc(C)cc23)c1. The fourth-order valence-electron chi connectivity index (χ4n) is 4.59. The van der Waals surface area contributed by atoms with Crippen molar-refractivity contribution in [2.24, 2.45) is 0 Å². The van der Waals surface area contributed by atoms with Crippen molar-refractivity contribution in [1.82, 2.24) is 4.90 Å². The van der Waals surface area contributed by atoms with E-state index in [-0.39, 0.29) is 11.8 Å². The third-order valence-corrected chi connectivity index (χ3v) is 7.99. The molecule has 1 fully saturated rings. The van der Waals surface area contributed by atoms with Crippen molar-refractivity contribution in [2.45, 2.75) is 18.3 Å². The Hall–Kier alpha value is -2.96. The number of carbonyl (C=O) groups is 2. The van der Waals surface area contributed by atoms with Crippen molar-refractivity contribution in [2.75, 3.05) is 24.3 Å². The largest absolute Gasteiger partial charge is 0.497 e. The van der Waals surface area contributed by atoms with Gasteiger partial charge >= 0.3 is 0 Å². The number of anilines is 1. The Bertz CT molecular complexity index is 1260. The molecular formula is C26H23ClN2O3S. The average Bonchev–Trinajstić information content (AvgIpc) is 3.37. The van der Waals surface area contributed by atoms with Crippen molar-refractivity contribution < 1.29 is 14.3 Å². The van der Waals surface area contributed by atoms with Gasteiger partial charge in [0.2, 0.25) is 0 Å². The highest BCUT2D eigenvalue weighted by atomic mass is 35.5. The van der Waals surface area contributed by atoms with Crippen molar-refractivity contribution >= 4 is 40.9 Å². The zero-order chi connectivity index (χ0) is 23.2. The zero-order valence-electron chi connectivity index (χ0n) is 18.4. The van der Waals surface area contributed by atoms with Crippen LogP contribution < -0.4 is 9.64 Å². The highest BCUT2D eigenvalue weighted by molar-refractivity contribution is 8.01. The number of halogens is 1. The molecule has 1 atom stereocenters. The molecule has 1 spiro atoms. The first-order valence-corrected chi connectivity index (χ1v) is 12.1. The number of fused-ring (bicyclic) bond motifs is 2. The van der Waals surface area contributed by atoms with Gasteiger partial charge in [-0.25, -0.2) is 0 Å². The summed E-state index contributed by atoms with van der Waals surface area (Å²) in [5.74, 6) is 0.992. The Labute approximate surface area is 202 Å². The van der Waals surface area contributed by atoms with Crippen LogP contribution in [0.4, 0.5) is 5.69 Å². The summed E-state index contributed by atoms with van der Waals surface area (Å²) in [4.78, 5) is 30.2. The number of carbonyl (C=O) groups excluding carboxylic acids is 2. The molecule has 0 N–H and O–H groups in total. The van der Waals surface area contributed by atoms with Crippen molar-refractivity contribution in [3.05, 3.63) is 94.0 Å². The molecular weight excluding hydrogens is 456 g/mol. The molecule has 168 valence electrons. The highest BCUT2D eigenvalue weighted by Gasteiger charge is 2.59. The van der Waals surface area contributed by atoms with Crippen LogP contribution >= 0.6 is 23.4 Å². The molecule has 2 amide bonds. The van der Waals surface area contributed by atoms with Gasteiger partial charge in [-0.2, -0.15) is 0 Å². The van der Waals surface area contributed by atoms with Crippen LogP contribution in [-0.2, 0) is 16.2 Å². The van der Waals surface area contributed by atoms with Gasteiger partial charge in [-0.05, 0) is 42.8 Å². The summed E-state index contributed by atoms with van der Waals surface area (Å²) < 4.78 is 5.31. The predicted molar refractivity (Wildman–Crippen MR) is 132 cm³/mol. The lowest BCUT2D eigenvalue weighted by molar-refractivity contribution is -0.123. The molecule has 33 heavy (non-hydrogen) atoms. The summed E-state index contributed by atoms with van der Waals surface area (Å²) in [7, 11) is 1.57. The molecule has 5 rings (SSSR count). The van der Waals surface area contributed by atoms with Gasteiger partial charge in [-0.1, -0.05) is 53.6 Å². The van der Waals surface area contributed by atoms with Crippen LogP contribution in [0.5, 0.6) is 5.75 Å². The first-order chi connectivity index (χ1) is 16.0. The third kappa shape index (κ3) is 3.49. The van der Waals surface area contributed by atoms with Crippen molar-refractivity contribution in [1.29, 1.82) is 0 Å². The molecule has 2 aliphatic heterocycles. The molecule has 2 aliphatic rings. The van der Waals surface area contributed by atoms with Crippen molar-refractivity contribution in [3.8, 4) is 5.75 Å². The van der Waals surface area contributed by atoms with Gasteiger partial charge in [-0.3, -0.25) is 9.59 Å². The van der Waals surface area contributed by atoms with Crippen LogP contribution in [0.1, 0.15) is 27.0 Å². The monoisotopic (exact) mass is 478 g/mol. The Kier molecular flexibility index (Phi) is 5.59. The van der Waals surface area contributed by atoms with Gasteiger partial charge < -0.3 is 14.5 Å². The van der Waals surface area contributed by atoms with Crippen LogP contribution in [0.25, 0.3) is 0 Å². The van der Waals surface area contributed by atoms with E-state index in [0.717, 1.165) is 22.4 Å². The van der Waals surface area contributed by atoms with E-state index in [4.69, 9.17) is 16.3 Å². The van der Waals surface area contributed by atoms with Crippen LogP contribution in [0, 0.1) is 6.92 Å². The molecule has 1 unspecified atom stereocenters. The van der Waals surface area contributed by atoms with E-state index in [1.54, 1.807) is 41.2 Å². The van der Waals surface area contributed by atoms with Gasteiger partial charge in [0.15, 0.2) is 4.87 Å². The minimum absolute atomic E-state index is 0.109. The van der Waals surface area contributed by atoms with E-state index in [9.17, 15) is 9.59 Å². The van der Waals surface area contributed by atoms with Gasteiger partial charge in [0, 0.05) is 28.4 Å². The first-order valence-electron chi connectivity index (χ1n) is 10.7. The lowest BCUT2D eigenvalue weighted by Gasteiger charge is -2.33. The molecule has 3 aromatic rings. The standard InChI is InChI=1S/C26H23ClN2O3S/c1-17-10-11-23-21(14-17)26(25(31)28(23)16-19-6-3-4-9-22(19)27)29(12-13-33-26)24(30)18-7-5-8-20(15-18)32-2/h3-11,14-15H,12-13,16H2,1-2H3. The molecule has 0 bridgehead atoms. The molecule has 0 aromatic heterocycles. The predicted octanol–water partition coefficient (Wildman–Crippen LogP) is 5.25. The summed E-state index contributed by atoms with van der Waals surface area (Å²) in [6.07, 6.45) is 0. The summed E-state index contributed by atoms with van der Waals surface area (Å²) in [6, 6.07) is 20.6. The molecule has 0 aliphatic carbocycles. The third-order valence-electron chi connectivity index (χ3n) is 6.20. The second-order valence-electron chi connectivity index (χ2n) is 8.18. The van der Waals surface area contributed by atoms with Gasteiger partial charge in [0.05, 0.1) is 19.3 Å². The van der Waals surface area contributed by atoms with Crippen molar-refractivity contribution in [3.63, 3.8) is 0 Å². The normalized spacial score (nSPS) is 19.3. The van der Waals surface area contributed by atoms with E-state index in [1.807, 2.05) is 49.4 Å². The number of hydrogen-bond donors (Lipinski definition) is 0. The van der Waals surface area contributed by atoms with E-state index in [0.29, 0.717) is 35.2 Å². The second-order valence-corrected chi connectivity index (χ2v) is 9.88. The van der Waals surface area contributed by atoms with Crippen LogP contribution in [-0.4, -0.2) is 36.1 Å². The summed E-state index contributed by atoms with van der Waals surface area (Å²) in [5.41, 5.74) is 4.09. The molecule has 3 aromatic carbocycles. The van der Waals surface area contributed by atoms with E-state index in [1.165, 1.54) is 11.8 Å². The molecule has 7 heteroatoms. The second kappa shape index (κ2) is 8.43. The summed E-state index contributed by atoms with van der Waals surface area (Å²) in [6.45, 7) is 2.83. The van der Waals surface area contributed by atoms with Crippen LogP contribution in [0.3, 0.4) is 0 Å². The topological polar surface area (TPSA) is 49.9 Å². The van der Waals surface area contributed by atoms with Crippen LogP contribution in [0.15, 0.2) is 66.7 Å². The number of aryl methyl sites for hydroxylation is 1. The maximum absolute atomic E-state index is 14.1. The Morgan fingerprint density at radius 2 is 1.94 bits per heavy atom. The molecule has 1 saturated heterocycles. The highest BCUT2D eigenvalue weighted by Crippen LogP contribution is 2.55. The smallest absolute Gasteiger partial charge is 0.268 e. The summed E-state index contributed by atoms with van der Waals surface area (Å²) in [5, 5.41) is 0.614. The number of rotatable bonds is 4. The van der Waals surface area contributed by atoms with E-state index in [2.05, 4.69) is 0 Å². The number of amides is 2. The molecule has 0 radical (unpaired) electrons. The summed E-state index contributed by atoms with van der Waals surface area (Å²) >= 11 is 7.94. The average molecular weight is 479 g/mol. The number of hydrogen-bond acceptors (Lipinski definition) is 4. The van der Waals surface area contributed by atoms with Gasteiger partial charge in [-0.15, -0.1) is 11.8 Å². The number of benzene rings is 3. The molecule has 2 heterocycles. The maximum atomic E-state index is 14.1. The van der Waals surface area contributed by atoms with Gasteiger partial charge in [0.25, 0.3) is 11.8 Å². The lowest BCUT2D eigenvalue weighted by Crippen LogP contribution is -2.50. The number of thioether (sulfide) groups is 1. The fraction of sp³-hybridized carbons (Fsp3) is 0.231. The van der Waals surface area contributed by atoms with E-state index < -0.39 is 4.87 Å². The molecule has 5 nitrogen and oxygen atoms in total. The number of ether oxygens (including phenoxy) is 1. The minimum Gasteiger partial charge on any atom is -0.497 e.